The molecule has 2 heterocycles. The van der Waals surface area contributed by atoms with Crippen molar-refractivity contribution in [3.63, 3.8) is 0 Å². The van der Waals surface area contributed by atoms with Crippen LogP contribution in [-0.2, 0) is 6.42 Å². The normalized spacial score (nSPS) is 15.2. The van der Waals surface area contributed by atoms with E-state index in [1.165, 1.54) is 12.1 Å². The second-order valence-corrected chi connectivity index (χ2v) is 7.07. The van der Waals surface area contributed by atoms with E-state index in [1.807, 2.05) is 12.1 Å². The molecule has 9 heteroatoms. The maximum Gasteiger partial charge on any atom is 0.335 e. The monoisotopic (exact) mass is 422 g/mol. The van der Waals surface area contributed by atoms with Gasteiger partial charge < -0.3 is 29.8 Å². The first kappa shape index (κ1) is 20.3. The zero-order chi connectivity index (χ0) is 22.0. The average Bonchev–Trinajstić information content (AvgIpc) is 3.27. The van der Waals surface area contributed by atoms with Crippen molar-refractivity contribution in [2.75, 3.05) is 26.1 Å². The van der Waals surface area contributed by atoms with Crippen LogP contribution in [0, 0.1) is 0 Å². The molecule has 1 atom stereocenters. The zero-order valence-electron chi connectivity index (χ0n) is 17.1. The molecule has 0 bridgehead atoms. The van der Waals surface area contributed by atoms with Gasteiger partial charge in [-0.2, -0.15) is 0 Å². The molecule has 0 spiro atoms. The number of aromatic amines is 1. The number of urea groups is 1. The molecule has 1 aliphatic rings. The number of nitrogens with one attached hydrogen (secondary N) is 2. The number of ether oxygens (including phenoxy) is 2. The van der Waals surface area contributed by atoms with E-state index in [2.05, 4.69) is 15.3 Å². The Morgan fingerprint density at radius 2 is 1.81 bits per heavy atom. The highest BCUT2D eigenvalue weighted by Gasteiger charge is 2.34. The molecule has 0 saturated heterocycles. The fraction of sp³-hybridized carbons (Fsp3) is 0.227. The fourth-order valence-electron chi connectivity index (χ4n) is 3.71. The molecular formula is C22H22N4O5. The first-order valence-corrected chi connectivity index (χ1v) is 9.66. The third-order valence-corrected chi connectivity index (χ3v) is 5.26. The minimum Gasteiger partial charge on any atom is -0.497 e. The van der Waals surface area contributed by atoms with Crippen molar-refractivity contribution in [1.82, 2.24) is 14.9 Å². The topological polar surface area (TPSA) is 117 Å². The summed E-state index contributed by atoms with van der Waals surface area (Å²) in [6.07, 6.45) is 2.26. The number of H-pyrrole nitrogens is 1. The van der Waals surface area contributed by atoms with Gasteiger partial charge >= 0.3 is 12.0 Å². The highest BCUT2D eigenvalue weighted by molar-refractivity contribution is 5.92. The van der Waals surface area contributed by atoms with Gasteiger partial charge in [-0.05, 0) is 42.0 Å². The summed E-state index contributed by atoms with van der Waals surface area (Å²) in [7, 11) is 3.15. The molecule has 0 fully saturated rings. The molecule has 2 aromatic carbocycles. The largest absolute Gasteiger partial charge is 0.497 e. The van der Waals surface area contributed by atoms with Crippen molar-refractivity contribution in [3.8, 4) is 11.5 Å². The number of benzene rings is 2. The second-order valence-electron chi connectivity index (χ2n) is 7.07. The van der Waals surface area contributed by atoms with Crippen LogP contribution in [0.25, 0.3) is 0 Å². The van der Waals surface area contributed by atoms with Gasteiger partial charge in [-0.1, -0.05) is 0 Å². The van der Waals surface area contributed by atoms with E-state index in [9.17, 15) is 9.59 Å². The van der Waals surface area contributed by atoms with E-state index < -0.39 is 12.0 Å². The van der Waals surface area contributed by atoms with Crippen LogP contribution in [0.4, 0.5) is 10.5 Å². The van der Waals surface area contributed by atoms with E-state index in [0.717, 1.165) is 17.0 Å². The summed E-state index contributed by atoms with van der Waals surface area (Å²) in [6.45, 7) is 0.471. The van der Waals surface area contributed by atoms with E-state index in [4.69, 9.17) is 14.6 Å². The quantitative estimate of drug-likeness (QED) is 0.581. The summed E-state index contributed by atoms with van der Waals surface area (Å²) in [5, 5.41) is 11.9. The van der Waals surface area contributed by atoms with Crippen LogP contribution in [-0.4, -0.2) is 52.7 Å². The third-order valence-electron chi connectivity index (χ3n) is 5.26. The molecule has 160 valence electrons. The van der Waals surface area contributed by atoms with Crippen LogP contribution in [0.3, 0.4) is 0 Å². The highest BCUT2D eigenvalue weighted by Crippen LogP contribution is 2.37. The number of aromatic carboxylic acids is 1. The Balaban J connectivity index is 1.67. The SMILES string of the molecule is COc1cc(OC)cc([C@@H]2c3nc[nH]c3CCN2C(=O)Nc2ccc(C(=O)O)cc2)c1. The minimum atomic E-state index is -1.02. The first-order valence-electron chi connectivity index (χ1n) is 9.66. The lowest BCUT2D eigenvalue weighted by molar-refractivity contribution is 0.0697. The van der Waals surface area contributed by atoms with Crippen LogP contribution in [0.2, 0.25) is 0 Å². The number of aromatic nitrogens is 2. The van der Waals surface area contributed by atoms with Crippen molar-refractivity contribution in [2.45, 2.75) is 12.5 Å². The number of methoxy groups -OCH3 is 2. The number of carboxylic acid groups (broad SMARTS) is 1. The summed E-state index contributed by atoms with van der Waals surface area (Å²) in [6, 6.07) is 10.8. The van der Waals surface area contributed by atoms with Gasteiger partial charge in [-0.25, -0.2) is 14.6 Å². The molecule has 1 aromatic heterocycles. The predicted molar refractivity (Wildman–Crippen MR) is 113 cm³/mol. The summed E-state index contributed by atoms with van der Waals surface area (Å²) in [5.41, 5.74) is 3.20. The number of carboxylic acids is 1. The molecule has 2 amide bonds. The van der Waals surface area contributed by atoms with Crippen molar-refractivity contribution < 1.29 is 24.2 Å². The molecule has 1 aliphatic heterocycles. The summed E-state index contributed by atoms with van der Waals surface area (Å²) in [5.74, 6) is 0.204. The van der Waals surface area contributed by atoms with Crippen molar-refractivity contribution in [1.29, 1.82) is 0 Å². The lowest BCUT2D eigenvalue weighted by Crippen LogP contribution is -2.43. The van der Waals surface area contributed by atoms with Crippen LogP contribution in [0.1, 0.15) is 33.4 Å². The maximum atomic E-state index is 13.2. The van der Waals surface area contributed by atoms with Crippen LogP contribution in [0.5, 0.6) is 11.5 Å². The van der Waals surface area contributed by atoms with Gasteiger partial charge in [0.2, 0.25) is 0 Å². The molecule has 0 radical (unpaired) electrons. The Kier molecular flexibility index (Phi) is 5.48. The molecule has 4 rings (SSSR count). The number of carbonyl (C=O) groups is 2. The Morgan fingerprint density at radius 1 is 1.13 bits per heavy atom. The number of carbonyl (C=O) groups excluding carboxylic acids is 1. The van der Waals surface area contributed by atoms with Gasteiger partial charge in [-0.3, -0.25) is 0 Å². The second kappa shape index (κ2) is 8.39. The van der Waals surface area contributed by atoms with Crippen molar-refractivity contribution in [3.05, 3.63) is 71.3 Å². The number of rotatable bonds is 5. The van der Waals surface area contributed by atoms with Crippen molar-refractivity contribution in [2.24, 2.45) is 0 Å². The number of anilines is 1. The Hall–Kier alpha value is -4.01. The van der Waals surface area contributed by atoms with Crippen LogP contribution < -0.4 is 14.8 Å². The summed E-state index contributed by atoms with van der Waals surface area (Å²) in [4.78, 5) is 33.6. The number of imidazole rings is 1. The van der Waals surface area contributed by atoms with Crippen LogP contribution in [0.15, 0.2) is 48.8 Å². The van der Waals surface area contributed by atoms with Gasteiger partial charge in [0.15, 0.2) is 0 Å². The molecule has 3 aromatic rings. The van der Waals surface area contributed by atoms with Gasteiger partial charge in [0.05, 0.1) is 31.8 Å². The molecule has 0 saturated carbocycles. The lowest BCUT2D eigenvalue weighted by Gasteiger charge is -2.35. The van der Waals surface area contributed by atoms with E-state index in [1.54, 1.807) is 43.6 Å². The summed E-state index contributed by atoms with van der Waals surface area (Å²) >= 11 is 0. The number of hydrogen-bond donors (Lipinski definition) is 3. The zero-order valence-corrected chi connectivity index (χ0v) is 17.1. The Morgan fingerprint density at radius 3 is 2.42 bits per heavy atom. The number of nitrogens with zero attached hydrogens (tertiary/aromatic N) is 2. The van der Waals surface area contributed by atoms with Gasteiger partial charge in [-0.15, -0.1) is 0 Å². The molecule has 0 aliphatic carbocycles. The number of hydrogen-bond acceptors (Lipinski definition) is 5. The molecule has 31 heavy (non-hydrogen) atoms. The smallest absolute Gasteiger partial charge is 0.335 e. The van der Waals surface area contributed by atoms with Gasteiger partial charge in [0.25, 0.3) is 0 Å². The molecule has 3 N–H and O–H groups in total. The van der Waals surface area contributed by atoms with E-state index >= 15 is 0 Å². The lowest BCUT2D eigenvalue weighted by atomic mass is 9.95. The molecular weight excluding hydrogens is 400 g/mol. The Labute approximate surface area is 178 Å². The fourth-order valence-corrected chi connectivity index (χ4v) is 3.71. The predicted octanol–water partition coefficient (Wildman–Crippen LogP) is 3.30. The maximum absolute atomic E-state index is 13.2. The molecule has 0 unspecified atom stereocenters. The number of amides is 2. The number of fused-ring (bicyclic) bond motifs is 1. The summed E-state index contributed by atoms with van der Waals surface area (Å²) < 4.78 is 10.8. The average molecular weight is 422 g/mol. The Bertz CT molecular complexity index is 1090. The van der Waals surface area contributed by atoms with Gasteiger partial charge in [0, 0.05) is 30.4 Å². The van der Waals surface area contributed by atoms with E-state index in [0.29, 0.717) is 30.2 Å². The minimum absolute atomic E-state index is 0.151. The van der Waals surface area contributed by atoms with Crippen LogP contribution >= 0.6 is 0 Å². The third kappa shape index (κ3) is 4.02. The van der Waals surface area contributed by atoms with Crippen molar-refractivity contribution >= 4 is 17.7 Å². The van der Waals surface area contributed by atoms with E-state index in [-0.39, 0.29) is 11.6 Å². The standard InChI is InChI=1S/C22H22N4O5/c1-30-16-9-14(10-17(11-16)31-2)20-19-18(23-12-24-19)7-8-26(20)22(29)25-15-5-3-13(4-6-15)21(27)28/h3-6,9-12,20H,7-8H2,1-2H3,(H,23,24)(H,25,29)(H,27,28)/t20-/m1/s1. The highest BCUT2D eigenvalue weighted by atomic mass is 16.5. The first-order chi connectivity index (χ1) is 15.0. The van der Waals surface area contributed by atoms with Gasteiger partial charge in [0.1, 0.15) is 17.5 Å². The molecule has 9 nitrogen and oxygen atoms in total.